The van der Waals surface area contributed by atoms with Crippen LogP contribution in [0.5, 0.6) is 11.5 Å². The van der Waals surface area contributed by atoms with Gasteiger partial charge >= 0.3 is 6.03 Å². The number of urea groups is 1. The smallest absolute Gasteiger partial charge is 0.315 e. The maximum absolute atomic E-state index is 12.8. The maximum Gasteiger partial charge on any atom is 0.315 e. The summed E-state index contributed by atoms with van der Waals surface area (Å²) in [5.74, 6) is 0.667. The second-order valence-electron chi connectivity index (χ2n) is 13.7. The summed E-state index contributed by atoms with van der Waals surface area (Å²) in [6, 6.07) is 15.8. The Kier molecular flexibility index (Phi) is 12.2. The molecular weight excluding hydrogens is 728 g/mol. The van der Waals surface area contributed by atoms with E-state index in [-0.39, 0.29) is 60.6 Å². The molecule has 8 N–H and O–H groups in total. The van der Waals surface area contributed by atoms with Crippen LogP contribution in [-0.4, -0.2) is 101 Å². The molecule has 1 aliphatic carbocycles. The van der Waals surface area contributed by atoms with Gasteiger partial charge in [0.25, 0.3) is 0 Å². The number of aliphatic hydroxyl groups excluding tert-OH is 2. The number of aromatic hydroxyl groups is 2. The van der Waals surface area contributed by atoms with Gasteiger partial charge in [0.1, 0.15) is 23.7 Å². The summed E-state index contributed by atoms with van der Waals surface area (Å²) < 4.78 is 1.73. The molecule has 5 atom stereocenters. The molecule has 7 rings (SSSR count). The SMILES string of the molecule is CCC(=O)N[C@H]1C[C@@H](n2cnc3c(NCC(c4ccc(O)cc4)c4ccc(O)cc4)nc(N4CCC(NC(=O)NCc5cccnc5)C4)nc32)[C@H](O)[C@@H]1O.Cl. The average molecular weight is 773 g/mol. The third-order valence-electron chi connectivity index (χ3n) is 10.1. The fraction of sp³-hybridized carbons (Fsp3) is 0.368. The standard InChI is InChI=1S/C38H44N10O6.ClH/c1-2-31(51)44-29-16-30(34(53)33(29)52)48-21-42-32-35(40-19-28(23-5-9-26(49)10-6-23)24-7-11-27(50)12-8-24)45-37(46-36(32)48)47-15-13-25(20-47)43-38(54)41-18-22-4-3-14-39-17-22;/h3-12,14,17,21,25,28-30,33-34,49-50,52-53H,2,13,15-16,18-20H2,1H3,(H,44,51)(H,40,45,46)(H2,41,43,54);1H/t25?,29-,30+,33+,34-;/m0./s1. The third-order valence-corrected chi connectivity index (χ3v) is 10.1. The third kappa shape index (κ3) is 8.82. The van der Waals surface area contributed by atoms with Crippen molar-refractivity contribution in [3.63, 3.8) is 0 Å². The molecule has 4 heterocycles. The summed E-state index contributed by atoms with van der Waals surface area (Å²) in [6.07, 6.45) is 3.72. The van der Waals surface area contributed by atoms with Crippen LogP contribution in [0.1, 0.15) is 54.8 Å². The van der Waals surface area contributed by atoms with E-state index in [9.17, 15) is 30.0 Å². The number of benzene rings is 2. The monoisotopic (exact) mass is 772 g/mol. The molecule has 2 aliphatic rings. The zero-order valence-corrected chi connectivity index (χ0v) is 30.9. The number of phenols is 2. The minimum Gasteiger partial charge on any atom is -0.508 e. The lowest BCUT2D eigenvalue weighted by Gasteiger charge is -2.22. The minimum absolute atomic E-state index is 0. The second kappa shape index (κ2) is 17.2. The summed E-state index contributed by atoms with van der Waals surface area (Å²) >= 11 is 0. The van der Waals surface area contributed by atoms with E-state index in [1.54, 1.807) is 54.5 Å². The van der Waals surface area contributed by atoms with Crippen LogP contribution in [0.15, 0.2) is 79.4 Å². The van der Waals surface area contributed by atoms with E-state index in [2.05, 4.69) is 31.2 Å². The Hall–Kier alpha value is -5.71. The van der Waals surface area contributed by atoms with Crippen LogP contribution in [0.4, 0.5) is 16.6 Å². The fourth-order valence-electron chi connectivity index (χ4n) is 7.17. The first kappa shape index (κ1) is 39.0. The number of rotatable bonds is 12. The van der Waals surface area contributed by atoms with E-state index < -0.39 is 24.3 Å². The summed E-state index contributed by atoms with van der Waals surface area (Å²) in [5, 5.41) is 54.3. The average Bonchev–Trinajstić information content (AvgIpc) is 3.90. The minimum atomic E-state index is -1.20. The van der Waals surface area contributed by atoms with Crippen molar-refractivity contribution < 1.29 is 30.0 Å². The number of nitrogens with one attached hydrogen (secondary N) is 4. The highest BCUT2D eigenvalue weighted by molar-refractivity contribution is 5.85. The Balaban J connectivity index is 0.00000514. The summed E-state index contributed by atoms with van der Waals surface area (Å²) in [7, 11) is 0. The normalized spacial score (nSPS) is 20.7. The zero-order valence-electron chi connectivity index (χ0n) is 30.1. The Bertz CT molecular complexity index is 2030. The molecule has 17 heteroatoms. The van der Waals surface area contributed by atoms with Gasteiger partial charge in [0.2, 0.25) is 11.9 Å². The Labute approximate surface area is 323 Å². The van der Waals surface area contributed by atoms with Gasteiger partial charge < -0.3 is 51.2 Å². The number of aliphatic hydroxyl groups is 2. The van der Waals surface area contributed by atoms with E-state index in [0.717, 1.165) is 16.7 Å². The van der Waals surface area contributed by atoms with Gasteiger partial charge in [-0.25, -0.2) is 9.78 Å². The van der Waals surface area contributed by atoms with Crippen molar-refractivity contribution in [2.75, 3.05) is 29.9 Å². The summed E-state index contributed by atoms with van der Waals surface area (Å²) in [4.78, 5) is 45.6. The number of carbonyl (C=O) groups excluding carboxylic acids is 2. The van der Waals surface area contributed by atoms with Crippen molar-refractivity contribution in [2.24, 2.45) is 0 Å². The molecule has 3 amide bonds. The highest BCUT2D eigenvalue weighted by Crippen LogP contribution is 2.36. The van der Waals surface area contributed by atoms with Gasteiger partial charge in [0.15, 0.2) is 17.0 Å². The lowest BCUT2D eigenvalue weighted by atomic mass is 9.91. The molecule has 0 spiro atoms. The number of nitrogens with zero attached hydrogens (tertiary/aromatic N) is 6. The molecule has 2 aromatic carbocycles. The van der Waals surface area contributed by atoms with E-state index in [1.807, 2.05) is 41.3 Å². The molecule has 0 bridgehead atoms. The van der Waals surface area contributed by atoms with Crippen LogP contribution in [0.25, 0.3) is 11.2 Å². The Morgan fingerprint density at radius 2 is 1.65 bits per heavy atom. The molecule has 1 saturated carbocycles. The Morgan fingerprint density at radius 3 is 2.31 bits per heavy atom. The zero-order chi connectivity index (χ0) is 37.8. The number of imidazole rings is 1. The molecule has 1 unspecified atom stereocenters. The first-order valence-corrected chi connectivity index (χ1v) is 18.1. The predicted octanol–water partition coefficient (Wildman–Crippen LogP) is 2.94. The van der Waals surface area contributed by atoms with Crippen molar-refractivity contribution in [1.29, 1.82) is 0 Å². The molecule has 290 valence electrons. The fourth-order valence-corrected chi connectivity index (χ4v) is 7.17. The molecule has 0 radical (unpaired) electrons. The molecule has 55 heavy (non-hydrogen) atoms. The quantitative estimate of drug-likeness (QED) is 0.0917. The van der Waals surface area contributed by atoms with Crippen molar-refractivity contribution in [1.82, 2.24) is 40.5 Å². The van der Waals surface area contributed by atoms with Gasteiger partial charge in [-0.2, -0.15) is 9.97 Å². The highest BCUT2D eigenvalue weighted by atomic mass is 35.5. The number of phenolic OH excluding ortho intramolecular Hbond substituents is 2. The van der Waals surface area contributed by atoms with Crippen LogP contribution >= 0.6 is 12.4 Å². The number of carbonyl (C=O) groups is 2. The number of hydrogen-bond acceptors (Lipinski definition) is 12. The largest absolute Gasteiger partial charge is 0.508 e. The molecule has 1 saturated heterocycles. The van der Waals surface area contributed by atoms with E-state index in [1.165, 1.54) is 0 Å². The number of anilines is 2. The van der Waals surface area contributed by atoms with Crippen LogP contribution in [-0.2, 0) is 11.3 Å². The number of pyridine rings is 1. The van der Waals surface area contributed by atoms with Gasteiger partial charge in [-0.05, 0) is 59.9 Å². The van der Waals surface area contributed by atoms with Gasteiger partial charge in [-0.3, -0.25) is 9.78 Å². The highest BCUT2D eigenvalue weighted by Gasteiger charge is 2.44. The van der Waals surface area contributed by atoms with E-state index >= 15 is 0 Å². The molecule has 3 aromatic heterocycles. The number of aromatic nitrogens is 5. The van der Waals surface area contributed by atoms with Crippen LogP contribution in [0.3, 0.4) is 0 Å². The summed E-state index contributed by atoms with van der Waals surface area (Å²) in [6.45, 7) is 3.42. The van der Waals surface area contributed by atoms with Crippen LogP contribution in [0.2, 0.25) is 0 Å². The van der Waals surface area contributed by atoms with Crippen molar-refractivity contribution in [3.05, 3.63) is 96.1 Å². The number of hydrogen-bond donors (Lipinski definition) is 8. The number of fused-ring (bicyclic) bond motifs is 1. The lowest BCUT2D eigenvalue weighted by molar-refractivity contribution is -0.122. The van der Waals surface area contributed by atoms with Crippen LogP contribution in [0, 0.1) is 0 Å². The second-order valence-corrected chi connectivity index (χ2v) is 13.7. The van der Waals surface area contributed by atoms with Gasteiger partial charge in [0.05, 0.1) is 18.4 Å². The van der Waals surface area contributed by atoms with Crippen molar-refractivity contribution in [2.45, 2.75) is 69.0 Å². The molecular formula is C38H45ClN10O6. The Morgan fingerprint density at radius 1 is 0.945 bits per heavy atom. The van der Waals surface area contributed by atoms with Crippen LogP contribution < -0.4 is 26.2 Å². The first-order valence-electron chi connectivity index (χ1n) is 18.1. The maximum atomic E-state index is 12.8. The first-order chi connectivity index (χ1) is 26.2. The van der Waals surface area contributed by atoms with Gasteiger partial charge in [-0.15, -0.1) is 12.4 Å². The van der Waals surface area contributed by atoms with Crippen molar-refractivity contribution in [3.8, 4) is 11.5 Å². The van der Waals surface area contributed by atoms with E-state index in [0.29, 0.717) is 55.5 Å². The van der Waals surface area contributed by atoms with Gasteiger partial charge in [-0.1, -0.05) is 37.3 Å². The molecule has 16 nitrogen and oxygen atoms in total. The van der Waals surface area contributed by atoms with E-state index in [4.69, 9.17) is 9.97 Å². The molecule has 5 aromatic rings. The lowest BCUT2D eigenvalue weighted by Crippen LogP contribution is -2.43. The predicted molar refractivity (Wildman–Crippen MR) is 207 cm³/mol. The number of halogens is 1. The molecule has 2 fully saturated rings. The summed E-state index contributed by atoms with van der Waals surface area (Å²) in [5.41, 5.74) is 3.59. The molecule has 1 aliphatic heterocycles. The van der Waals surface area contributed by atoms with Gasteiger partial charge in [0, 0.05) is 57.0 Å². The topological polar surface area (TPSA) is 223 Å². The van der Waals surface area contributed by atoms with Crippen molar-refractivity contribution >= 4 is 47.3 Å². The number of amides is 3.